The number of allylic oxidation sites excluding steroid dienone is 1. The Kier molecular flexibility index (Phi) is 3.59. The molecule has 0 spiro atoms. The second-order valence-corrected chi connectivity index (χ2v) is 5.16. The molecule has 0 saturated carbocycles. The van der Waals surface area contributed by atoms with Crippen LogP contribution in [0.4, 0.5) is 5.69 Å². The predicted molar refractivity (Wildman–Crippen MR) is 77.3 cm³/mol. The van der Waals surface area contributed by atoms with Crippen LogP contribution < -0.4 is 5.32 Å². The van der Waals surface area contributed by atoms with Crippen LogP contribution in [-0.2, 0) is 9.59 Å². The monoisotopic (exact) mass is 271 g/mol. The van der Waals surface area contributed by atoms with Gasteiger partial charge in [-0.05, 0) is 44.6 Å². The Morgan fingerprint density at radius 3 is 2.35 bits per heavy atom. The maximum absolute atomic E-state index is 12.1. The fourth-order valence-electron chi connectivity index (χ4n) is 1.95. The minimum atomic E-state index is -1.97. The van der Waals surface area contributed by atoms with Crippen molar-refractivity contribution in [2.24, 2.45) is 0 Å². The highest BCUT2D eigenvalue weighted by atomic mass is 16.3. The van der Waals surface area contributed by atoms with Gasteiger partial charge in [-0.15, -0.1) is 0 Å². The van der Waals surface area contributed by atoms with E-state index in [1.807, 2.05) is 31.2 Å². The highest BCUT2D eigenvalue weighted by Crippen LogP contribution is 2.26. The van der Waals surface area contributed by atoms with E-state index in [2.05, 4.69) is 5.32 Å². The summed E-state index contributed by atoms with van der Waals surface area (Å²) in [5.41, 5.74) is 0.864. The molecule has 0 unspecified atom stereocenters. The third kappa shape index (κ3) is 2.56. The van der Waals surface area contributed by atoms with Gasteiger partial charge in [0.05, 0.1) is 0 Å². The molecular formula is C16H17NO3. The zero-order valence-corrected chi connectivity index (χ0v) is 11.7. The molecule has 1 aliphatic rings. The van der Waals surface area contributed by atoms with Crippen LogP contribution in [0.15, 0.2) is 47.7 Å². The largest absolute Gasteiger partial charge is 0.374 e. The molecule has 20 heavy (non-hydrogen) atoms. The molecular weight excluding hydrogens is 254 g/mol. The van der Waals surface area contributed by atoms with Gasteiger partial charge in [0.15, 0.2) is 11.4 Å². The van der Waals surface area contributed by atoms with Gasteiger partial charge >= 0.3 is 0 Å². The van der Waals surface area contributed by atoms with Gasteiger partial charge in [-0.1, -0.05) is 17.7 Å². The van der Waals surface area contributed by atoms with Crippen molar-refractivity contribution in [3.8, 4) is 0 Å². The summed E-state index contributed by atoms with van der Waals surface area (Å²) < 4.78 is 0. The SMILES string of the molecule is CC1=CC(=O)[C@@](C)(O)C(=O)/C1=C\Nc1ccc(C)cc1. The molecule has 0 bridgehead atoms. The zero-order valence-electron chi connectivity index (χ0n) is 11.7. The summed E-state index contributed by atoms with van der Waals surface area (Å²) in [6.07, 6.45) is 2.82. The van der Waals surface area contributed by atoms with E-state index in [1.165, 1.54) is 19.2 Å². The lowest BCUT2D eigenvalue weighted by Gasteiger charge is -2.25. The third-order valence-corrected chi connectivity index (χ3v) is 3.37. The van der Waals surface area contributed by atoms with Crippen molar-refractivity contribution in [2.75, 3.05) is 5.32 Å². The van der Waals surface area contributed by atoms with E-state index in [9.17, 15) is 14.7 Å². The molecule has 1 aliphatic carbocycles. The number of aliphatic hydroxyl groups is 1. The first-order valence-electron chi connectivity index (χ1n) is 6.36. The molecule has 0 heterocycles. The van der Waals surface area contributed by atoms with Gasteiger partial charge in [-0.25, -0.2) is 0 Å². The van der Waals surface area contributed by atoms with E-state index in [-0.39, 0.29) is 0 Å². The van der Waals surface area contributed by atoms with Crippen LogP contribution in [0.5, 0.6) is 0 Å². The Morgan fingerprint density at radius 1 is 1.15 bits per heavy atom. The van der Waals surface area contributed by atoms with Gasteiger partial charge in [0, 0.05) is 17.5 Å². The smallest absolute Gasteiger partial charge is 0.203 e. The number of aryl methyl sites for hydroxylation is 1. The van der Waals surface area contributed by atoms with Crippen molar-refractivity contribution in [2.45, 2.75) is 26.4 Å². The van der Waals surface area contributed by atoms with E-state index in [4.69, 9.17) is 0 Å². The van der Waals surface area contributed by atoms with Crippen molar-refractivity contribution < 1.29 is 14.7 Å². The first-order valence-corrected chi connectivity index (χ1v) is 6.36. The molecule has 1 aromatic carbocycles. The predicted octanol–water partition coefficient (Wildman–Crippen LogP) is 2.14. The van der Waals surface area contributed by atoms with Crippen LogP contribution in [0.25, 0.3) is 0 Å². The van der Waals surface area contributed by atoms with E-state index in [0.29, 0.717) is 11.1 Å². The van der Waals surface area contributed by atoms with E-state index < -0.39 is 17.2 Å². The molecule has 4 nitrogen and oxygen atoms in total. The number of carbonyl (C=O) groups is 2. The van der Waals surface area contributed by atoms with Gasteiger partial charge in [0.25, 0.3) is 0 Å². The fraction of sp³-hybridized carbons (Fsp3) is 0.250. The van der Waals surface area contributed by atoms with Crippen molar-refractivity contribution >= 4 is 17.3 Å². The van der Waals surface area contributed by atoms with Gasteiger partial charge in [-0.2, -0.15) is 0 Å². The number of nitrogens with one attached hydrogen (secondary N) is 1. The zero-order chi connectivity index (χ0) is 14.9. The van der Waals surface area contributed by atoms with Crippen LogP contribution in [0.3, 0.4) is 0 Å². The standard InChI is InChI=1S/C16H17NO3/c1-10-4-6-12(7-5-10)17-9-13-11(2)8-14(18)16(3,20)15(13)19/h4-9,17,20H,1-3H3/b13-9-/t16-/m1/s1. The Hall–Kier alpha value is -2.20. The summed E-state index contributed by atoms with van der Waals surface area (Å²) in [7, 11) is 0. The van der Waals surface area contributed by atoms with Crippen molar-refractivity contribution in [3.63, 3.8) is 0 Å². The number of Topliss-reactive ketones (excluding diaryl/α,β-unsaturated/α-hetero) is 1. The first kappa shape index (κ1) is 14.2. The molecule has 0 amide bonds. The normalized spacial score (nSPS) is 24.8. The van der Waals surface area contributed by atoms with Gasteiger partial charge in [0.1, 0.15) is 0 Å². The van der Waals surface area contributed by atoms with Crippen LogP contribution in [0.1, 0.15) is 19.4 Å². The summed E-state index contributed by atoms with van der Waals surface area (Å²) in [5, 5.41) is 12.9. The molecule has 4 heteroatoms. The molecule has 0 aliphatic heterocycles. The Labute approximate surface area is 117 Å². The molecule has 0 fully saturated rings. The summed E-state index contributed by atoms with van der Waals surface area (Å²) in [6.45, 7) is 4.89. The minimum Gasteiger partial charge on any atom is -0.374 e. The first-order chi connectivity index (χ1) is 9.32. The van der Waals surface area contributed by atoms with Gasteiger partial charge < -0.3 is 10.4 Å². The van der Waals surface area contributed by atoms with Gasteiger partial charge in [0.2, 0.25) is 5.78 Å². The molecule has 104 valence electrons. The second kappa shape index (κ2) is 5.06. The lowest BCUT2D eigenvalue weighted by molar-refractivity contribution is -0.144. The molecule has 0 aromatic heterocycles. The van der Waals surface area contributed by atoms with E-state index in [0.717, 1.165) is 11.3 Å². The summed E-state index contributed by atoms with van der Waals surface area (Å²) >= 11 is 0. The van der Waals surface area contributed by atoms with Crippen LogP contribution >= 0.6 is 0 Å². The highest BCUT2D eigenvalue weighted by Gasteiger charge is 2.42. The quantitative estimate of drug-likeness (QED) is 0.639. The van der Waals surface area contributed by atoms with Crippen molar-refractivity contribution in [1.29, 1.82) is 0 Å². The lowest BCUT2D eigenvalue weighted by Crippen LogP contribution is -2.46. The fourth-order valence-corrected chi connectivity index (χ4v) is 1.95. The topological polar surface area (TPSA) is 66.4 Å². The van der Waals surface area contributed by atoms with Crippen LogP contribution in [0.2, 0.25) is 0 Å². The maximum Gasteiger partial charge on any atom is 0.203 e. The summed E-state index contributed by atoms with van der Waals surface area (Å²) in [4.78, 5) is 23.7. The highest BCUT2D eigenvalue weighted by molar-refractivity contribution is 6.25. The minimum absolute atomic E-state index is 0.315. The number of ketones is 2. The molecule has 1 aromatic rings. The average Bonchev–Trinajstić information content (AvgIpc) is 2.39. The number of hydrogen-bond donors (Lipinski definition) is 2. The summed E-state index contributed by atoms with van der Waals surface area (Å²) in [6, 6.07) is 7.68. The maximum atomic E-state index is 12.1. The Bertz CT molecular complexity index is 622. The second-order valence-electron chi connectivity index (χ2n) is 5.16. The number of hydrogen-bond acceptors (Lipinski definition) is 4. The van der Waals surface area contributed by atoms with E-state index >= 15 is 0 Å². The summed E-state index contributed by atoms with van der Waals surface area (Å²) in [5.74, 6) is -1.16. The lowest BCUT2D eigenvalue weighted by atomic mass is 9.82. The molecule has 0 saturated heterocycles. The molecule has 2 rings (SSSR count). The average molecular weight is 271 g/mol. The number of anilines is 1. The Balaban J connectivity index is 2.29. The van der Waals surface area contributed by atoms with Gasteiger partial charge in [-0.3, -0.25) is 9.59 Å². The molecule has 0 radical (unpaired) electrons. The molecule has 2 N–H and O–H groups in total. The van der Waals surface area contributed by atoms with Crippen LogP contribution in [0, 0.1) is 6.92 Å². The van der Waals surface area contributed by atoms with E-state index in [1.54, 1.807) is 6.92 Å². The Morgan fingerprint density at radius 2 is 1.75 bits per heavy atom. The number of carbonyl (C=O) groups excluding carboxylic acids is 2. The molecule has 1 atom stereocenters. The van der Waals surface area contributed by atoms with Crippen molar-refractivity contribution in [3.05, 3.63) is 53.3 Å². The van der Waals surface area contributed by atoms with Crippen LogP contribution in [-0.4, -0.2) is 22.3 Å². The third-order valence-electron chi connectivity index (χ3n) is 3.37. The number of rotatable bonds is 2. The van der Waals surface area contributed by atoms with Crippen molar-refractivity contribution in [1.82, 2.24) is 0 Å². The number of benzene rings is 1.